The molecule has 1 saturated heterocycles. The van der Waals surface area contributed by atoms with E-state index in [-0.39, 0.29) is 24.5 Å². The molecule has 0 aromatic heterocycles. The Bertz CT molecular complexity index is 1130. The quantitative estimate of drug-likeness (QED) is 0.369. The Morgan fingerprint density at radius 3 is 2.13 bits per heavy atom. The van der Waals surface area contributed by atoms with Crippen molar-refractivity contribution in [1.82, 2.24) is 15.1 Å². The Hall–Kier alpha value is -2.49. The Labute approximate surface area is 239 Å². The highest BCUT2D eigenvalue weighted by atomic mass is 35.5. The smallest absolute Gasteiger partial charge is 0.317 e. The van der Waals surface area contributed by atoms with Crippen LogP contribution in [0.2, 0.25) is 0 Å². The van der Waals surface area contributed by atoms with Gasteiger partial charge in [0.15, 0.2) is 0 Å². The number of anilines is 1. The van der Waals surface area contributed by atoms with Crippen LogP contribution in [0.1, 0.15) is 56.9 Å². The van der Waals surface area contributed by atoms with E-state index in [0.29, 0.717) is 11.4 Å². The van der Waals surface area contributed by atoms with Crippen LogP contribution in [-0.4, -0.2) is 63.2 Å². The van der Waals surface area contributed by atoms with E-state index < -0.39 is 10.0 Å². The number of rotatable bonds is 10. The zero-order valence-corrected chi connectivity index (χ0v) is 24.7. The van der Waals surface area contributed by atoms with Gasteiger partial charge in [0.1, 0.15) is 11.5 Å². The normalized spacial score (nSPS) is 17.2. The van der Waals surface area contributed by atoms with E-state index in [2.05, 4.69) is 27.1 Å². The Kier molecular flexibility index (Phi) is 11.8. The van der Waals surface area contributed by atoms with Crippen molar-refractivity contribution in [3.63, 3.8) is 0 Å². The molecular weight excluding hydrogens is 536 g/mol. The lowest BCUT2D eigenvalue weighted by Gasteiger charge is -2.36. The number of piperidine rings is 1. The van der Waals surface area contributed by atoms with Gasteiger partial charge in [-0.1, -0.05) is 44.2 Å². The lowest BCUT2D eigenvalue weighted by atomic mass is 9.87. The molecule has 0 unspecified atom stereocenters. The van der Waals surface area contributed by atoms with Crippen LogP contribution < -0.4 is 14.8 Å². The Morgan fingerprint density at radius 2 is 1.54 bits per heavy atom. The van der Waals surface area contributed by atoms with E-state index in [9.17, 15) is 13.2 Å². The number of carbonyl (C=O) groups excluding carboxylic acids is 1. The van der Waals surface area contributed by atoms with E-state index in [1.807, 2.05) is 24.1 Å². The maximum absolute atomic E-state index is 12.7. The molecule has 1 saturated carbocycles. The summed E-state index contributed by atoms with van der Waals surface area (Å²) in [5, 5.41) is 3.15. The third-order valence-corrected chi connectivity index (χ3v) is 8.31. The fourth-order valence-corrected chi connectivity index (χ4v) is 6.04. The summed E-state index contributed by atoms with van der Waals surface area (Å²) in [4.78, 5) is 17.0. The average molecular weight is 579 g/mol. The van der Waals surface area contributed by atoms with Crippen LogP contribution >= 0.6 is 12.4 Å². The Morgan fingerprint density at radius 1 is 0.949 bits per heavy atom. The molecule has 0 radical (unpaired) electrons. The average Bonchev–Trinajstić information content (AvgIpc) is 2.91. The van der Waals surface area contributed by atoms with Gasteiger partial charge in [0.2, 0.25) is 10.0 Å². The number of hydrogen-bond acceptors (Lipinski definition) is 5. The van der Waals surface area contributed by atoms with Gasteiger partial charge in [-0.05, 0) is 67.1 Å². The molecule has 0 bridgehead atoms. The van der Waals surface area contributed by atoms with Gasteiger partial charge >= 0.3 is 6.03 Å². The van der Waals surface area contributed by atoms with Crippen molar-refractivity contribution in [3.8, 4) is 11.5 Å². The third-order valence-electron chi connectivity index (χ3n) is 7.70. The summed E-state index contributed by atoms with van der Waals surface area (Å²) in [5.41, 5.74) is 1.72. The first-order valence-corrected chi connectivity index (χ1v) is 15.7. The predicted octanol–water partition coefficient (Wildman–Crippen LogP) is 5.85. The third kappa shape index (κ3) is 10.2. The molecule has 1 heterocycles. The highest BCUT2D eigenvalue weighted by molar-refractivity contribution is 7.92. The number of sulfonamides is 1. The van der Waals surface area contributed by atoms with Crippen LogP contribution in [0.5, 0.6) is 11.5 Å². The zero-order valence-electron chi connectivity index (χ0n) is 23.1. The van der Waals surface area contributed by atoms with E-state index in [1.165, 1.54) is 37.7 Å². The number of benzene rings is 2. The van der Waals surface area contributed by atoms with Crippen LogP contribution in [0.3, 0.4) is 0 Å². The summed E-state index contributed by atoms with van der Waals surface area (Å²) in [6, 6.07) is 15.2. The number of halogens is 1. The minimum absolute atomic E-state index is 0. The number of nitrogens with zero attached hydrogens (tertiary/aromatic N) is 2. The van der Waals surface area contributed by atoms with Crippen molar-refractivity contribution in [3.05, 3.63) is 54.1 Å². The van der Waals surface area contributed by atoms with Gasteiger partial charge in [-0.3, -0.25) is 9.62 Å². The number of hydrogen-bond donors (Lipinski definition) is 2. The van der Waals surface area contributed by atoms with E-state index in [1.54, 1.807) is 24.3 Å². The fourth-order valence-electron chi connectivity index (χ4n) is 5.48. The summed E-state index contributed by atoms with van der Waals surface area (Å²) >= 11 is 0. The van der Waals surface area contributed by atoms with Crippen LogP contribution in [-0.2, 0) is 16.6 Å². The van der Waals surface area contributed by atoms with Crippen molar-refractivity contribution in [2.75, 3.05) is 37.7 Å². The first-order valence-electron chi connectivity index (χ1n) is 13.8. The molecule has 1 aliphatic carbocycles. The molecule has 2 fully saturated rings. The van der Waals surface area contributed by atoms with Crippen LogP contribution in [0, 0.1) is 5.92 Å². The number of amides is 2. The van der Waals surface area contributed by atoms with Crippen molar-refractivity contribution < 1.29 is 17.9 Å². The van der Waals surface area contributed by atoms with Gasteiger partial charge in [-0.2, -0.15) is 0 Å². The number of carbonyl (C=O) groups is 1. The first-order chi connectivity index (χ1) is 18.2. The van der Waals surface area contributed by atoms with Gasteiger partial charge in [0, 0.05) is 45.0 Å². The maximum Gasteiger partial charge on any atom is 0.317 e. The Balaban J connectivity index is 0.00000420. The highest BCUT2D eigenvalue weighted by Gasteiger charge is 2.25. The van der Waals surface area contributed by atoms with Crippen LogP contribution in [0.25, 0.3) is 0 Å². The molecule has 2 aliphatic rings. The van der Waals surface area contributed by atoms with E-state index in [0.717, 1.165) is 63.4 Å². The second kappa shape index (κ2) is 14.8. The monoisotopic (exact) mass is 578 g/mol. The van der Waals surface area contributed by atoms with Crippen LogP contribution in [0.4, 0.5) is 10.5 Å². The van der Waals surface area contributed by atoms with E-state index in [4.69, 9.17) is 4.74 Å². The molecule has 4 rings (SSSR count). The molecule has 2 N–H and O–H groups in total. The first kappa shape index (κ1) is 31.0. The van der Waals surface area contributed by atoms with Crippen molar-refractivity contribution in [2.45, 2.75) is 64.0 Å². The molecular formula is C29H43ClN4O4S. The van der Waals surface area contributed by atoms with Crippen molar-refractivity contribution >= 4 is 34.1 Å². The van der Waals surface area contributed by atoms with Gasteiger partial charge in [0.25, 0.3) is 0 Å². The minimum atomic E-state index is -3.30. The molecule has 0 spiro atoms. The van der Waals surface area contributed by atoms with Crippen molar-refractivity contribution in [2.24, 2.45) is 5.92 Å². The highest BCUT2D eigenvalue weighted by Crippen LogP contribution is 2.26. The number of urea groups is 1. The maximum atomic E-state index is 12.7. The molecule has 2 amide bonds. The lowest BCUT2D eigenvalue weighted by molar-refractivity contribution is 0.131. The molecule has 0 atom stereocenters. The second-order valence-corrected chi connectivity index (χ2v) is 12.5. The van der Waals surface area contributed by atoms with Gasteiger partial charge < -0.3 is 15.0 Å². The summed E-state index contributed by atoms with van der Waals surface area (Å²) in [6.07, 6.45) is 10.9. The molecule has 8 nitrogen and oxygen atoms in total. The number of ether oxygens (including phenoxy) is 1. The largest absolute Gasteiger partial charge is 0.457 e. The molecule has 2 aromatic carbocycles. The lowest BCUT2D eigenvalue weighted by Crippen LogP contribution is -2.48. The van der Waals surface area contributed by atoms with Gasteiger partial charge in [-0.15, -0.1) is 12.4 Å². The van der Waals surface area contributed by atoms with Crippen molar-refractivity contribution in [1.29, 1.82) is 0 Å². The fraction of sp³-hybridized carbons (Fsp3) is 0.552. The number of nitrogens with one attached hydrogen (secondary N) is 2. The number of likely N-dealkylation sites (tertiary alicyclic amines) is 1. The summed E-state index contributed by atoms with van der Waals surface area (Å²) in [5.74, 6) is 2.16. The molecule has 10 heteroatoms. The van der Waals surface area contributed by atoms with Gasteiger partial charge in [-0.25, -0.2) is 13.2 Å². The molecule has 1 aliphatic heterocycles. The predicted molar refractivity (Wildman–Crippen MR) is 159 cm³/mol. The minimum Gasteiger partial charge on any atom is -0.457 e. The second-order valence-electron chi connectivity index (χ2n) is 10.8. The SMILES string of the molecule is CN(C(=O)NCCC1CCCCC1)C1CCN(Cc2ccc(Oc3ccc(NS(C)(=O)=O)cc3)cc2)CC1.Cl. The molecule has 39 heavy (non-hydrogen) atoms. The molecule has 2 aromatic rings. The summed E-state index contributed by atoms with van der Waals surface area (Å²) in [7, 11) is -1.36. The van der Waals surface area contributed by atoms with Gasteiger partial charge in [0.05, 0.1) is 6.26 Å². The zero-order chi connectivity index (χ0) is 27.0. The summed E-state index contributed by atoms with van der Waals surface area (Å²) in [6.45, 7) is 3.60. The van der Waals surface area contributed by atoms with E-state index >= 15 is 0 Å². The molecule has 216 valence electrons. The topological polar surface area (TPSA) is 91.0 Å². The van der Waals surface area contributed by atoms with Crippen LogP contribution in [0.15, 0.2) is 48.5 Å². The summed E-state index contributed by atoms with van der Waals surface area (Å²) < 4.78 is 31.0. The standard InChI is InChI=1S/C29H42N4O4S.ClH/c1-32(29(34)30-19-16-23-6-4-3-5-7-23)26-17-20-33(21-18-26)22-24-8-12-27(13-9-24)37-28-14-10-25(11-15-28)31-38(2,35)36;/h8-15,23,26,31H,3-7,16-22H2,1-2H3,(H,30,34);1H.